The maximum atomic E-state index is 12.1. The molecule has 1 aliphatic rings. The fourth-order valence-electron chi connectivity index (χ4n) is 2.68. The standard InChI is InChI=1S/C16H24N4O2/c1-12-4-3-5-14(8-12)19-16(22)18-10-15(21)20-7-6-13(11-20)9-17-2/h3-5,8,13,17H,6-7,9-11H2,1-2H3,(H2,18,19,22). The molecule has 1 aliphatic heterocycles. The number of rotatable bonds is 5. The first-order valence-corrected chi connectivity index (χ1v) is 7.62. The lowest BCUT2D eigenvalue weighted by Crippen LogP contribution is -2.40. The maximum absolute atomic E-state index is 12.1. The number of carbonyl (C=O) groups excluding carboxylic acids is 2. The van der Waals surface area contributed by atoms with Crippen LogP contribution < -0.4 is 16.0 Å². The van der Waals surface area contributed by atoms with Crippen LogP contribution in [0.5, 0.6) is 0 Å². The summed E-state index contributed by atoms with van der Waals surface area (Å²) in [5.41, 5.74) is 1.79. The molecule has 2 rings (SSSR count). The van der Waals surface area contributed by atoms with Crippen molar-refractivity contribution in [2.24, 2.45) is 5.92 Å². The summed E-state index contributed by atoms with van der Waals surface area (Å²) in [4.78, 5) is 25.7. The molecule has 0 radical (unpaired) electrons. The summed E-state index contributed by atoms with van der Waals surface area (Å²) in [5, 5.41) is 8.48. The van der Waals surface area contributed by atoms with E-state index in [0.29, 0.717) is 5.92 Å². The summed E-state index contributed by atoms with van der Waals surface area (Å²) in [6.45, 7) is 4.45. The van der Waals surface area contributed by atoms with Gasteiger partial charge in [0.05, 0.1) is 6.54 Å². The van der Waals surface area contributed by atoms with Gasteiger partial charge in [0.25, 0.3) is 0 Å². The van der Waals surface area contributed by atoms with E-state index >= 15 is 0 Å². The third-order valence-corrected chi connectivity index (χ3v) is 3.81. The Morgan fingerprint density at radius 2 is 2.18 bits per heavy atom. The van der Waals surface area contributed by atoms with Gasteiger partial charge in [-0.3, -0.25) is 4.79 Å². The Morgan fingerprint density at radius 3 is 2.91 bits per heavy atom. The Kier molecular flexibility index (Phi) is 5.77. The van der Waals surface area contributed by atoms with Crippen molar-refractivity contribution in [1.29, 1.82) is 0 Å². The molecular weight excluding hydrogens is 280 g/mol. The molecule has 3 amide bonds. The van der Waals surface area contributed by atoms with Crippen LogP contribution in [0.1, 0.15) is 12.0 Å². The van der Waals surface area contributed by atoms with Gasteiger partial charge in [-0.2, -0.15) is 0 Å². The number of nitrogens with one attached hydrogen (secondary N) is 3. The minimum absolute atomic E-state index is 0.0296. The summed E-state index contributed by atoms with van der Waals surface area (Å²) in [6, 6.07) is 7.18. The molecule has 1 saturated heterocycles. The smallest absolute Gasteiger partial charge is 0.319 e. The van der Waals surface area contributed by atoms with Crippen molar-refractivity contribution < 1.29 is 9.59 Å². The van der Waals surface area contributed by atoms with Crippen molar-refractivity contribution in [1.82, 2.24) is 15.5 Å². The molecule has 0 aromatic heterocycles. The SMILES string of the molecule is CNCC1CCN(C(=O)CNC(=O)Nc2cccc(C)c2)C1. The number of amides is 3. The highest BCUT2D eigenvalue weighted by Gasteiger charge is 2.25. The highest BCUT2D eigenvalue weighted by Crippen LogP contribution is 2.15. The van der Waals surface area contributed by atoms with Crippen molar-refractivity contribution in [3.8, 4) is 0 Å². The third kappa shape index (κ3) is 4.73. The highest BCUT2D eigenvalue weighted by molar-refractivity contribution is 5.92. The van der Waals surface area contributed by atoms with Crippen LogP contribution in [0.4, 0.5) is 10.5 Å². The summed E-state index contributed by atoms with van der Waals surface area (Å²) in [5.74, 6) is 0.480. The molecule has 22 heavy (non-hydrogen) atoms. The minimum Gasteiger partial charge on any atom is -0.341 e. The van der Waals surface area contributed by atoms with E-state index in [4.69, 9.17) is 0 Å². The number of hydrogen-bond acceptors (Lipinski definition) is 3. The van der Waals surface area contributed by atoms with E-state index in [1.807, 2.05) is 43.1 Å². The average molecular weight is 304 g/mol. The zero-order valence-corrected chi connectivity index (χ0v) is 13.2. The molecule has 0 aliphatic carbocycles. The molecule has 1 aromatic carbocycles. The maximum Gasteiger partial charge on any atom is 0.319 e. The van der Waals surface area contributed by atoms with Crippen LogP contribution in [0, 0.1) is 12.8 Å². The second-order valence-corrected chi connectivity index (χ2v) is 5.73. The molecule has 0 saturated carbocycles. The lowest BCUT2D eigenvalue weighted by molar-refractivity contribution is -0.129. The van der Waals surface area contributed by atoms with E-state index in [-0.39, 0.29) is 18.5 Å². The van der Waals surface area contributed by atoms with E-state index in [9.17, 15) is 9.59 Å². The van der Waals surface area contributed by atoms with Gasteiger partial charge in [-0.1, -0.05) is 12.1 Å². The van der Waals surface area contributed by atoms with Crippen molar-refractivity contribution in [3.63, 3.8) is 0 Å². The van der Waals surface area contributed by atoms with Gasteiger partial charge in [-0.15, -0.1) is 0 Å². The first kappa shape index (κ1) is 16.3. The normalized spacial score (nSPS) is 17.4. The van der Waals surface area contributed by atoms with Gasteiger partial charge < -0.3 is 20.9 Å². The molecule has 3 N–H and O–H groups in total. The van der Waals surface area contributed by atoms with Crippen LogP contribution in [0.25, 0.3) is 0 Å². The van der Waals surface area contributed by atoms with E-state index in [0.717, 1.165) is 37.3 Å². The molecule has 6 heteroatoms. The lowest BCUT2D eigenvalue weighted by atomic mass is 10.1. The molecule has 1 aromatic rings. The summed E-state index contributed by atoms with van der Waals surface area (Å²) in [6.07, 6.45) is 1.02. The van der Waals surface area contributed by atoms with Crippen LogP contribution in [-0.4, -0.2) is 50.1 Å². The predicted octanol–water partition coefficient (Wildman–Crippen LogP) is 1.18. The zero-order valence-electron chi connectivity index (χ0n) is 13.2. The van der Waals surface area contributed by atoms with Gasteiger partial charge in [-0.25, -0.2) is 4.79 Å². The van der Waals surface area contributed by atoms with E-state index in [1.54, 1.807) is 0 Å². The molecule has 0 spiro atoms. The molecule has 1 unspecified atom stereocenters. The van der Waals surface area contributed by atoms with Crippen molar-refractivity contribution in [2.45, 2.75) is 13.3 Å². The molecule has 1 heterocycles. The average Bonchev–Trinajstić information content (AvgIpc) is 2.94. The summed E-state index contributed by atoms with van der Waals surface area (Å²) in [7, 11) is 1.92. The number of carbonyl (C=O) groups is 2. The van der Waals surface area contributed by atoms with Gasteiger partial charge in [-0.05, 0) is 50.6 Å². The van der Waals surface area contributed by atoms with Gasteiger partial charge in [0.1, 0.15) is 0 Å². The van der Waals surface area contributed by atoms with E-state index < -0.39 is 0 Å². The predicted molar refractivity (Wildman–Crippen MR) is 86.8 cm³/mol. The van der Waals surface area contributed by atoms with Crippen LogP contribution >= 0.6 is 0 Å². The van der Waals surface area contributed by atoms with Gasteiger partial charge >= 0.3 is 6.03 Å². The number of hydrogen-bond donors (Lipinski definition) is 3. The van der Waals surface area contributed by atoms with E-state index in [2.05, 4.69) is 16.0 Å². The molecule has 0 bridgehead atoms. The molecule has 120 valence electrons. The Balaban J connectivity index is 1.73. The first-order valence-electron chi connectivity index (χ1n) is 7.62. The first-order chi connectivity index (χ1) is 10.6. The second-order valence-electron chi connectivity index (χ2n) is 5.73. The van der Waals surface area contributed by atoms with Crippen molar-refractivity contribution in [2.75, 3.05) is 38.5 Å². The summed E-state index contributed by atoms with van der Waals surface area (Å²) < 4.78 is 0. The molecular formula is C16H24N4O2. The molecule has 1 atom stereocenters. The largest absolute Gasteiger partial charge is 0.341 e. The van der Waals surface area contributed by atoms with Gasteiger partial charge in [0.2, 0.25) is 5.91 Å². The Morgan fingerprint density at radius 1 is 1.36 bits per heavy atom. The highest BCUT2D eigenvalue weighted by atomic mass is 16.2. The number of urea groups is 1. The summed E-state index contributed by atoms with van der Waals surface area (Å²) >= 11 is 0. The van der Waals surface area contributed by atoms with Crippen LogP contribution in [-0.2, 0) is 4.79 Å². The van der Waals surface area contributed by atoms with Crippen molar-refractivity contribution >= 4 is 17.6 Å². The minimum atomic E-state index is -0.357. The topological polar surface area (TPSA) is 73.5 Å². The molecule has 6 nitrogen and oxygen atoms in total. The van der Waals surface area contributed by atoms with E-state index in [1.165, 1.54) is 0 Å². The number of benzene rings is 1. The van der Waals surface area contributed by atoms with Gasteiger partial charge in [0.15, 0.2) is 0 Å². The fourth-order valence-corrected chi connectivity index (χ4v) is 2.68. The Bertz CT molecular complexity index is 533. The van der Waals surface area contributed by atoms with Crippen LogP contribution in [0.3, 0.4) is 0 Å². The quantitative estimate of drug-likeness (QED) is 0.765. The van der Waals surface area contributed by atoms with Crippen molar-refractivity contribution in [3.05, 3.63) is 29.8 Å². The third-order valence-electron chi connectivity index (χ3n) is 3.81. The van der Waals surface area contributed by atoms with Crippen LogP contribution in [0.2, 0.25) is 0 Å². The zero-order chi connectivity index (χ0) is 15.9. The number of aryl methyl sites for hydroxylation is 1. The fraction of sp³-hybridized carbons (Fsp3) is 0.500. The Labute approximate surface area is 131 Å². The second kappa shape index (κ2) is 7.79. The van der Waals surface area contributed by atoms with Crippen LogP contribution in [0.15, 0.2) is 24.3 Å². The molecule has 1 fully saturated rings. The Hall–Kier alpha value is -2.08. The number of likely N-dealkylation sites (tertiary alicyclic amines) is 1. The van der Waals surface area contributed by atoms with Gasteiger partial charge in [0, 0.05) is 18.8 Å². The number of anilines is 1. The lowest BCUT2D eigenvalue weighted by Gasteiger charge is -2.17. The monoisotopic (exact) mass is 304 g/mol. The number of nitrogens with zero attached hydrogens (tertiary/aromatic N) is 1.